The van der Waals surface area contributed by atoms with Crippen LogP contribution in [0.2, 0.25) is 0 Å². The van der Waals surface area contributed by atoms with E-state index in [1.165, 1.54) is 31.6 Å². The van der Waals surface area contributed by atoms with Crippen molar-refractivity contribution in [2.45, 2.75) is 70.1 Å². The lowest BCUT2D eigenvalue weighted by Gasteiger charge is -2.42. The van der Waals surface area contributed by atoms with Gasteiger partial charge in [-0.3, -0.25) is 24.7 Å². The first-order valence-electron chi connectivity index (χ1n) is 16.8. The number of fused-ring (bicyclic) bond motifs is 1. The van der Waals surface area contributed by atoms with E-state index >= 15 is 0 Å². The number of aliphatic hydroxyl groups is 1. The van der Waals surface area contributed by atoms with Gasteiger partial charge in [-0.1, -0.05) is 0 Å². The number of anilines is 2. The molecule has 1 saturated carbocycles. The van der Waals surface area contributed by atoms with Crippen LogP contribution in [0.25, 0.3) is 22.3 Å². The lowest BCUT2D eigenvalue weighted by molar-refractivity contribution is 0.0106. The standard InChI is InChI=1S/C35H47N9O2/c1-24-29(23-37-41(24)4)31-21-25(9-14-36-31)33(45)39-34-38-30-6-5-28(22-32(30)44(34)27-7-12-35(2,46)13-8-27)42-15-10-26(11-16-42)43-19-17-40(3)18-20-43/h5-6,9,14,21-23,26-27,46H,7-8,10-13,15-20H2,1-4H3,(H,38,39,45). The molecule has 0 radical (unpaired) electrons. The SMILES string of the molecule is Cc1c(-c2cc(C(=O)Nc3nc4ccc(N5CCC(N6CCN(C)CC6)CC5)cc4n3C3CCC(C)(O)CC3)ccn2)cnn1C. The van der Waals surface area contributed by atoms with Crippen LogP contribution in [-0.2, 0) is 7.05 Å². The molecule has 0 spiro atoms. The molecule has 3 aromatic heterocycles. The number of nitrogens with zero attached hydrogens (tertiary/aromatic N) is 8. The van der Waals surface area contributed by atoms with Crippen molar-refractivity contribution in [1.29, 1.82) is 0 Å². The Bertz CT molecular complexity index is 1700. The number of imidazole rings is 1. The summed E-state index contributed by atoms with van der Waals surface area (Å²) in [5, 5.41) is 18.2. The summed E-state index contributed by atoms with van der Waals surface area (Å²) in [5.74, 6) is 0.323. The topological polar surface area (TPSA) is 108 Å². The van der Waals surface area contributed by atoms with Crippen molar-refractivity contribution in [3.05, 3.63) is 54.0 Å². The molecule has 3 fully saturated rings. The second-order valence-corrected chi connectivity index (χ2v) is 13.9. The van der Waals surface area contributed by atoms with Crippen LogP contribution in [0.5, 0.6) is 0 Å². The fraction of sp³-hybridized carbons (Fsp3) is 0.543. The van der Waals surface area contributed by atoms with Gasteiger partial charge in [-0.05, 0) is 89.8 Å². The van der Waals surface area contributed by atoms with E-state index in [0.29, 0.717) is 36.1 Å². The van der Waals surface area contributed by atoms with Crippen molar-refractivity contribution in [2.75, 3.05) is 56.5 Å². The van der Waals surface area contributed by atoms with E-state index in [0.717, 1.165) is 61.3 Å². The van der Waals surface area contributed by atoms with Gasteiger partial charge in [0.05, 0.1) is 28.5 Å². The van der Waals surface area contributed by atoms with Gasteiger partial charge in [0.1, 0.15) is 0 Å². The molecular formula is C35H47N9O2. The third kappa shape index (κ3) is 6.15. The lowest BCUT2D eigenvalue weighted by atomic mass is 9.83. The summed E-state index contributed by atoms with van der Waals surface area (Å²) < 4.78 is 4.02. The van der Waals surface area contributed by atoms with Crippen molar-refractivity contribution < 1.29 is 9.90 Å². The van der Waals surface area contributed by atoms with Crippen LogP contribution in [-0.4, -0.2) is 103 Å². The molecule has 1 aromatic carbocycles. The predicted molar refractivity (Wildman–Crippen MR) is 181 cm³/mol. The van der Waals surface area contributed by atoms with Gasteiger partial charge in [0.2, 0.25) is 5.95 Å². The monoisotopic (exact) mass is 625 g/mol. The van der Waals surface area contributed by atoms with Crippen LogP contribution in [0.15, 0.2) is 42.7 Å². The van der Waals surface area contributed by atoms with Crippen molar-refractivity contribution in [2.24, 2.45) is 7.05 Å². The van der Waals surface area contributed by atoms with E-state index in [4.69, 9.17) is 4.98 Å². The quantitative estimate of drug-likeness (QED) is 0.323. The zero-order chi connectivity index (χ0) is 32.0. The molecule has 244 valence electrons. The number of carbonyl (C=O) groups is 1. The smallest absolute Gasteiger partial charge is 0.258 e. The van der Waals surface area contributed by atoms with Crippen molar-refractivity contribution in [1.82, 2.24) is 34.1 Å². The molecule has 0 bridgehead atoms. The highest BCUT2D eigenvalue weighted by Crippen LogP contribution is 2.39. The number of aryl methyl sites for hydroxylation is 1. The van der Waals surface area contributed by atoms with Crippen molar-refractivity contribution >= 4 is 28.6 Å². The van der Waals surface area contributed by atoms with Crippen LogP contribution < -0.4 is 10.2 Å². The number of piperazine rings is 1. The average molecular weight is 626 g/mol. The summed E-state index contributed by atoms with van der Waals surface area (Å²) in [6.07, 6.45) is 8.86. The zero-order valence-corrected chi connectivity index (χ0v) is 27.6. The van der Waals surface area contributed by atoms with Crippen LogP contribution >= 0.6 is 0 Å². The van der Waals surface area contributed by atoms with Crippen LogP contribution in [0.1, 0.15) is 67.5 Å². The number of pyridine rings is 1. The number of carbonyl (C=O) groups excluding carboxylic acids is 1. The summed E-state index contributed by atoms with van der Waals surface area (Å²) in [7, 11) is 4.11. The molecule has 46 heavy (non-hydrogen) atoms. The van der Waals surface area contributed by atoms with Gasteiger partial charge >= 0.3 is 0 Å². The Morgan fingerprint density at radius 3 is 2.39 bits per heavy atom. The molecule has 2 N–H and O–H groups in total. The second-order valence-electron chi connectivity index (χ2n) is 13.9. The Morgan fingerprint density at radius 1 is 0.957 bits per heavy atom. The molecule has 2 saturated heterocycles. The molecule has 0 atom stereocenters. The molecule has 11 nitrogen and oxygen atoms in total. The van der Waals surface area contributed by atoms with Crippen LogP contribution in [0.3, 0.4) is 0 Å². The number of amides is 1. The lowest BCUT2D eigenvalue weighted by Crippen LogP contribution is -2.52. The number of hydrogen-bond acceptors (Lipinski definition) is 8. The highest BCUT2D eigenvalue weighted by molar-refractivity contribution is 6.04. The third-order valence-electron chi connectivity index (χ3n) is 10.7. The molecule has 11 heteroatoms. The molecule has 2 aliphatic heterocycles. The van der Waals surface area contributed by atoms with Crippen LogP contribution in [0, 0.1) is 6.92 Å². The number of rotatable bonds is 6. The van der Waals surface area contributed by atoms with Crippen molar-refractivity contribution in [3.63, 3.8) is 0 Å². The van der Waals surface area contributed by atoms with Gasteiger partial charge in [-0.2, -0.15) is 5.10 Å². The summed E-state index contributed by atoms with van der Waals surface area (Å²) in [6.45, 7) is 10.6. The minimum absolute atomic E-state index is 0.129. The van der Waals surface area contributed by atoms with Gasteiger partial charge in [-0.15, -0.1) is 0 Å². The average Bonchev–Trinajstić information content (AvgIpc) is 3.59. The first-order valence-corrected chi connectivity index (χ1v) is 16.8. The normalized spacial score (nSPS) is 23.7. The first-order chi connectivity index (χ1) is 22.1. The fourth-order valence-electron chi connectivity index (χ4n) is 7.54. The Balaban J connectivity index is 1.15. The Morgan fingerprint density at radius 2 is 1.70 bits per heavy atom. The minimum Gasteiger partial charge on any atom is -0.390 e. The first kappa shape index (κ1) is 30.8. The van der Waals surface area contributed by atoms with E-state index in [1.54, 1.807) is 23.1 Å². The van der Waals surface area contributed by atoms with Gasteiger partial charge < -0.3 is 19.5 Å². The maximum Gasteiger partial charge on any atom is 0.258 e. The highest BCUT2D eigenvalue weighted by Gasteiger charge is 2.32. The summed E-state index contributed by atoms with van der Waals surface area (Å²) in [6, 6.07) is 10.9. The van der Waals surface area contributed by atoms with Crippen molar-refractivity contribution in [3.8, 4) is 11.3 Å². The van der Waals surface area contributed by atoms with E-state index in [2.05, 4.69) is 59.9 Å². The largest absolute Gasteiger partial charge is 0.390 e. The van der Waals surface area contributed by atoms with E-state index in [1.807, 2.05) is 27.0 Å². The minimum atomic E-state index is -0.659. The Kier molecular flexibility index (Phi) is 8.33. The van der Waals surface area contributed by atoms with Gasteiger partial charge in [0.25, 0.3) is 5.91 Å². The number of likely N-dealkylation sites (N-methyl/N-ethyl adjacent to an activating group) is 1. The van der Waals surface area contributed by atoms with E-state index in [-0.39, 0.29) is 11.9 Å². The predicted octanol–water partition coefficient (Wildman–Crippen LogP) is 4.47. The zero-order valence-electron chi connectivity index (χ0n) is 27.6. The molecular weight excluding hydrogens is 578 g/mol. The van der Waals surface area contributed by atoms with Gasteiger partial charge in [0, 0.05) is 87.1 Å². The van der Waals surface area contributed by atoms with E-state index < -0.39 is 5.60 Å². The summed E-state index contributed by atoms with van der Waals surface area (Å²) in [5.41, 5.74) is 5.56. The highest BCUT2D eigenvalue weighted by atomic mass is 16.3. The van der Waals surface area contributed by atoms with E-state index in [9.17, 15) is 9.90 Å². The fourth-order valence-corrected chi connectivity index (χ4v) is 7.54. The summed E-state index contributed by atoms with van der Waals surface area (Å²) >= 11 is 0. The Hall–Kier alpha value is -3.80. The number of nitrogens with one attached hydrogen (secondary N) is 1. The third-order valence-corrected chi connectivity index (χ3v) is 10.7. The number of aromatic nitrogens is 5. The number of hydrogen-bond donors (Lipinski definition) is 2. The number of piperidine rings is 1. The number of benzene rings is 1. The summed E-state index contributed by atoms with van der Waals surface area (Å²) in [4.78, 5) is 30.8. The molecule has 1 amide bonds. The molecule has 3 aliphatic rings. The molecule has 5 heterocycles. The molecule has 7 rings (SSSR count). The second kappa shape index (κ2) is 12.4. The Labute approximate surface area is 271 Å². The maximum atomic E-state index is 13.7. The van der Waals surface area contributed by atoms with Gasteiger partial charge in [0.15, 0.2) is 0 Å². The molecule has 1 aliphatic carbocycles. The van der Waals surface area contributed by atoms with Crippen LogP contribution in [0.4, 0.5) is 11.6 Å². The van der Waals surface area contributed by atoms with Gasteiger partial charge in [-0.25, -0.2) is 4.98 Å². The maximum absolute atomic E-state index is 13.7. The molecule has 4 aromatic rings. The molecule has 0 unspecified atom stereocenters.